The molecule has 0 unspecified atom stereocenters. The molecule has 0 atom stereocenters. The number of carbonyl (C=O) groups is 1. The van der Waals surface area contributed by atoms with E-state index >= 15 is 0 Å². The average Bonchev–Trinajstić information content (AvgIpc) is 2.09. The molecule has 0 bridgehead atoms. The van der Waals surface area contributed by atoms with Gasteiger partial charge in [0.15, 0.2) is 5.96 Å². The van der Waals surface area contributed by atoms with Crippen molar-refractivity contribution in [3.63, 3.8) is 0 Å². The number of aliphatic imine (C=N–C) groups is 1. The van der Waals surface area contributed by atoms with Gasteiger partial charge in [0.05, 0.1) is 6.54 Å². The SMILES string of the molecule is CCNC(=NC)NCC(=O)NC(C)(C)C.I. The normalized spacial score (nSPS) is 11.4. The van der Waals surface area contributed by atoms with E-state index in [1.807, 2.05) is 27.7 Å². The molecular weight excluding hydrogens is 319 g/mol. The van der Waals surface area contributed by atoms with Crippen LogP contribution in [-0.2, 0) is 4.79 Å². The topological polar surface area (TPSA) is 65.5 Å². The van der Waals surface area contributed by atoms with E-state index in [1.54, 1.807) is 7.05 Å². The van der Waals surface area contributed by atoms with Gasteiger partial charge in [-0.25, -0.2) is 0 Å². The fraction of sp³-hybridized carbons (Fsp3) is 0.800. The first-order valence-corrected chi connectivity index (χ1v) is 5.14. The highest BCUT2D eigenvalue weighted by atomic mass is 127. The highest BCUT2D eigenvalue weighted by molar-refractivity contribution is 14.0. The fourth-order valence-corrected chi connectivity index (χ4v) is 1.01. The van der Waals surface area contributed by atoms with E-state index in [0.717, 1.165) is 6.54 Å². The fourth-order valence-electron chi connectivity index (χ4n) is 1.01. The molecule has 5 nitrogen and oxygen atoms in total. The van der Waals surface area contributed by atoms with Gasteiger partial charge in [0.2, 0.25) is 5.91 Å². The van der Waals surface area contributed by atoms with Gasteiger partial charge in [-0.15, -0.1) is 24.0 Å². The minimum Gasteiger partial charge on any atom is -0.357 e. The molecule has 6 heteroatoms. The molecule has 16 heavy (non-hydrogen) atoms. The number of guanidine groups is 1. The smallest absolute Gasteiger partial charge is 0.239 e. The minimum atomic E-state index is -0.194. The molecule has 0 heterocycles. The lowest BCUT2D eigenvalue weighted by Gasteiger charge is -2.21. The van der Waals surface area contributed by atoms with E-state index in [9.17, 15) is 4.79 Å². The largest absolute Gasteiger partial charge is 0.357 e. The van der Waals surface area contributed by atoms with Crippen molar-refractivity contribution in [3.8, 4) is 0 Å². The van der Waals surface area contributed by atoms with Crippen LogP contribution in [0.4, 0.5) is 0 Å². The predicted molar refractivity (Wildman–Crippen MR) is 78.3 cm³/mol. The number of hydrogen-bond donors (Lipinski definition) is 3. The third-order valence-corrected chi connectivity index (χ3v) is 1.50. The summed E-state index contributed by atoms with van der Waals surface area (Å²) in [6.07, 6.45) is 0. The molecule has 96 valence electrons. The van der Waals surface area contributed by atoms with Crippen molar-refractivity contribution >= 4 is 35.8 Å². The molecule has 0 fully saturated rings. The van der Waals surface area contributed by atoms with Crippen LogP contribution in [0.25, 0.3) is 0 Å². The van der Waals surface area contributed by atoms with Crippen molar-refractivity contribution in [1.29, 1.82) is 0 Å². The van der Waals surface area contributed by atoms with E-state index < -0.39 is 0 Å². The second-order valence-corrected chi connectivity index (χ2v) is 4.25. The molecule has 0 aliphatic rings. The Labute approximate surface area is 115 Å². The summed E-state index contributed by atoms with van der Waals surface area (Å²) in [7, 11) is 1.67. The van der Waals surface area contributed by atoms with Crippen LogP contribution >= 0.6 is 24.0 Å². The number of carbonyl (C=O) groups excluding carboxylic acids is 1. The van der Waals surface area contributed by atoms with Gasteiger partial charge in [-0.3, -0.25) is 9.79 Å². The number of amides is 1. The summed E-state index contributed by atoms with van der Waals surface area (Å²) < 4.78 is 0. The van der Waals surface area contributed by atoms with Crippen molar-refractivity contribution in [2.24, 2.45) is 4.99 Å². The highest BCUT2D eigenvalue weighted by Crippen LogP contribution is 1.96. The summed E-state index contributed by atoms with van der Waals surface area (Å²) in [6, 6.07) is 0. The molecular formula is C10H23IN4O. The summed E-state index contributed by atoms with van der Waals surface area (Å²) in [5, 5.41) is 8.79. The monoisotopic (exact) mass is 342 g/mol. The van der Waals surface area contributed by atoms with Gasteiger partial charge >= 0.3 is 0 Å². The van der Waals surface area contributed by atoms with Crippen molar-refractivity contribution in [1.82, 2.24) is 16.0 Å². The molecule has 0 aliphatic carbocycles. The van der Waals surface area contributed by atoms with Crippen LogP contribution in [0.3, 0.4) is 0 Å². The summed E-state index contributed by atoms with van der Waals surface area (Å²) in [5.74, 6) is 0.600. The number of hydrogen-bond acceptors (Lipinski definition) is 2. The van der Waals surface area contributed by atoms with Gasteiger partial charge in [0, 0.05) is 19.1 Å². The Bertz CT molecular complexity index is 235. The van der Waals surface area contributed by atoms with Crippen molar-refractivity contribution < 1.29 is 4.79 Å². The summed E-state index contributed by atoms with van der Waals surface area (Å²) in [4.78, 5) is 15.4. The molecule has 0 aromatic heterocycles. The molecule has 0 aliphatic heterocycles. The third-order valence-electron chi connectivity index (χ3n) is 1.50. The molecule has 3 N–H and O–H groups in total. The van der Waals surface area contributed by atoms with Crippen molar-refractivity contribution in [3.05, 3.63) is 0 Å². The van der Waals surface area contributed by atoms with Crippen LogP contribution in [-0.4, -0.2) is 37.5 Å². The molecule has 0 radical (unpaired) electrons. The zero-order chi connectivity index (χ0) is 11.9. The number of halogens is 1. The quantitative estimate of drug-likeness (QED) is 0.402. The molecule has 0 spiro atoms. The van der Waals surface area contributed by atoms with E-state index in [4.69, 9.17) is 0 Å². The maximum absolute atomic E-state index is 11.4. The van der Waals surface area contributed by atoms with Gasteiger partial charge in [0.25, 0.3) is 0 Å². The zero-order valence-corrected chi connectivity index (χ0v) is 13.0. The summed E-state index contributed by atoms with van der Waals surface area (Å²) >= 11 is 0. The predicted octanol–water partition coefficient (Wildman–Crippen LogP) is 0.704. The van der Waals surface area contributed by atoms with Crippen molar-refractivity contribution in [2.45, 2.75) is 33.2 Å². The zero-order valence-electron chi connectivity index (χ0n) is 10.7. The maximum atomic E-state index is 11.4. The van der Waals surface area contributed by atoms with E-state index in [2.05, 4.69) is 20.9 Å². The Morgan fingerprint density at radius 2 is 1.81 bits per heavy atom. The Morgan fingerprint density at radius 3 is 2.19 bits per heavy atom. The van der Waals surface area contributed by atoms with E-state index in [0.29, 0.717) is 5.96 Å². The van der Waals surface area contributed by atoms with Crippen LogP contribution in [0, 0.1) is 0 Å². The van der Waals surface area contributed by atoms with Crippen LogP contribution < -0.4 is 16.0 Å². The number of rotatable bonds is 3. The average molecular weight is 342 g/mol. The Morgan fingerprint density at radius 1 is 1.25 bits per heavy atom. The van der Waals surface area contributed by atoms with Crippen LogP contribution in [0.2, 0.25) is 0 Å². The van der Waals surface area contributed by atoms with Gasteiger partial charge < -0.3 is 16.0 Å². The van der Waals surface area contributed by atoms with Gasteiger partial charge in [-0.1, -0.05) is 0 Å². The Hall–Kier alpha value is -0.530. The standard InChI is InChI=1S/C10H22N4O.HI/c1-6-12-9(11-5)13-7-8(15)14-10(2,3)4;/h6-7H2,1-5H3,(H,14,15)(H2,11,12,13);1H. The highest BCUT2D eigenvalue weighted by Gasteiger charge is 2.13. The number of nitrogens with one attached hydrogen (secondary N) is 3. The van der Waals surface area contributed by atoms with Crippen LogP contribution in [0.1, 0.15) is 27.7 Å². The van der Waals surface area contributed by atoms with Gasteiger partial charge in [-0.05, 0) is 27.7 Å². The van der Waals surface area contributed by atoms with E-state index in [-0.39, 0.29) is 42.0 Å². The Kier molecular flexibility index (Phi) is 9.60. The molecule has 1 amide bonds. The lowest BCUT2D eigenvalue weighted by molar-refractivity contribution is -0.121. The van der Waals surface area contributed by atoms with Gasteiger partial charge in [0.1, 0.15) is 0 Å². The lowest BCUT2D eigenvalue weighted by atomic mass is 10.1. The lowest BCUT2D eigenvalue weighted by Crippen LogP contribution is -2.48. The molecule has 0 saturated carbocycles. The third kappa shape index (κ3) is 10.0. The van der Waals surface area contributed by atoms with E-state index in [1.165, 1.54) is 0 Å². The maximum Gasteiger partial charge on any atom is 0.239 e. The molecule has 0 rings (SSSR count). The Balaban J connectivity index is 0. The first-order valence-electron chi connectivity index (χ1n) is 5.14. The number of nitrogens with zero attached hydrogens (tertiary/aromatic N) is 1. The summed E-state index contributed by atoms with van der Waals surface area (Å²) in [5.41, 5.74) is -0.194. The second kappa shape index (κ2) is 8.60. The van der Waals surface area contributed by atoms with Crippen LogP contribution in [0.15, 0.2) is 4.99 Å². The molecule has 0 aromatic carbocycles. The first-order chi connectivity index (χ1) is 6.89. The minimum absolute atomic E-state index is 0. The van der Waals surface area contributed by atoms with Gasteiger partial charge in [-0.2, -0.15) is 0 Å². The first kappa shape index (κ1) is 17.9. The van der Waals surface area contributed by atoms with Crippen molar-refractivity contribution in [2.75, 3.05) is 20.1 Å². The summed E-state index contributed by atoms with van der Waals surface area (Å²) in [6.45, 7) is 8.83. The molecule has 0 aromatic rings. The molecule has 0 saturated heterocycles. The van der Waals surface area contributed by atoms with Crippen LogP contribution in [0.5, 0.6) is 0 Å². The second-order valence-electron chi connectivity index (χ2n) is 4.25.